The molecule has 0 unspecified atom stereocenters. The van der Waals surface area contributed by atoms with Gasteiger partial charge in [-0.2, -0.15) is 9.78 Å². The minimum absolute atomic E-state index is 0.00847. The van der Waals surface area contributed by atoms with Gasteiger partial charge in [-0.25, -0.2) is 5.43 Å². The molecular formula is C16H13N7O4S. The van der Waals surface area contributed by atoms with Crippen LogP contribution in [0.5, 0.6) is 5.75 Å². The van der Waals surface area contributed by atoms with Crippen LogP contribution in [0.4, 0.5) is 5.69 Å². The molecule has 1 aromatic heterocycles. The van der Waals surface area contributed by atoms with Crippen LogP contribution < -0.4 is 5.43 Å². The lowest BCUT2D eigenvalue weighted by atomic mass is 10.2. The van der Waals surface area contributed by atoms with E-state index in [2.05, 4.69) is 26.1 Å². The maximum Gasteiger partial charge on any atom is 0.270 e. The summed E-state index contributed by atoms with van der Waals surface area (Å²) in [6.07, 6.45) is 1.12. The highest BCUT2D eigenvalue weighted by Crippen LogP contribution is 2.21. The van der Waals surface area contributed by atoms with Crippen molar-refractivity contribution in [2.75, 3.05) is 5.75 Å². The standard InChI is InChI=1S/C16H13N7O4S/c24-14-7-6-13(23(26)27)8-11(14)9-17-18-15(25)10-28-16-19-20-21-22(16)12-4-2-1-3-5-12/h1-9,24H,10H2,(H,18,25)/b17-9+. The van der Waals surface area contributed by atoms with E-state index in [9.17, 15) is 20.0 Å². The molecule has 0 aliphatic carbocycles. The number of hydrazone groups is 1. The van der Waals surface area contributed by atoms with Crippen molar-refractivity contribution in [1.29, 1.82) is 0 Å². The lowest BCUT2D eigenvalue weighted by molar-refractivity contribution is -0.384. The zero-order chi connectivity index (χ0) is 19.9. The molecule has 142 valence electrons. The van der Waals surface area contributed by atoms with E-state index >= 15 is 0 Å². The number of carbonyl (C=O) groups is 1. The summed E-state index contributed by atoms with van der Waals surface area (Å²) in [7, 11) is 0. The smallest absolute Gasteiger partial charge is 0.270 e. The van der Waals surface area contributed by atoms with Crippen molar-refractivity contribution in [3.63, 3.8) is 0 Å². The molecule has 0 aliphatic rings. The van der Waals surface area contributed by atoms with Crippen LogP contribution in [0.1, 0.15) is 5.56 Å². The van der Waals surface area contributed by atoms with Crippen molar-refractivity contribution in [3.05, 3.63) is 64.2 Å². The van der Waals surface area contributed by atoms with Crippen LogP contribution in [0, 0.1) is 10.1 Å². The number of nitro groups is 1. The average molecular weight is 399 g/mol. The van der Waals surface area contributed by atoms with E-state index in [0.29, 0.717) is 5.16 Å². The molecule has 2 aromatic carbocycles. The highest BCUT2D eigenvalue weighted by Gasteiger charge is 2.11. The summed E-state index contributed by atoms with van der Waals surface area (Å²) in [6.45, 7) is 0. The number of aromatic hydroxyl groups is 1. The zero-order valence-corrected chi connectivity index (χ0v) is 15.0. The number of hydrogen-bond acceptors (Lipinski definition) is 9. The molecule has 28 heavy (non-hydrogen) atoms. The van der Waals surface area contributed by atoms with Gasteiger partial charge < -0.3 is 5.11 Å². The first-order valence-electron chi connectivity index (χ1n) is 7.80. The minimum Gasteiger partial charge on any atom is -0.507 e. The van der Waals surface area contributed by atoms with Crippen LogP contribution in [0.3, 0.4) is 0 Å². The van der Waals surface area contributed by atoms with Crippen molar-refractivity contribution in [3.8, 4) is 11.4 Å². The quantitative estimate of drug-likeness (QED) is 0.263. The first-order chi connectivity index (χ1) is 13.5. The maximum absolute atomic E-state index is 11.9. The van der Waals surface area contributed by atoms with Crippen LogP contribution in [-0.2, 0) is 4.79 Å². The number of non-ortho nitro benzene ring substituents is 1. The van der Waals surface area contributed by atoms with Gasteiger partial charge in [0.25, 0.3) is 11.6 Å². The van der Waals surface area contributed by atoms with Crippen LogP contribution in [-0.4, -0.2) is 48.1 Å². The van der Waals surface area contributed by atoms with Gasteiger partial charge in [0, 0.05) is 17.7 Å². The Kier molecular flexibility index (Phi) is 5.91. The number of nitrogens with one attached hydrogen (secondary N) is 1. The Morgan fingerprint density at radius 2 is 2.11 bits per heavy atom. The lowest BCUT2D eigenvalue weighted by Crippen LogP contribution is -2.20. The number of para-hydroxylation sites is 1. The Bertz CT molecular complexity index is 1020. The second kappa shape index (κ2) is 8.73. The third-order valence-corrected chi connectivity index (χ3v) is 4.31. The Hall–Kier alpha value is -3.80. The molecule has 12 heteroatoms. The van der Waals surface area contributed by atoms with E-state index in [-0.39, 0.29) is 22.8 Å². The van der Waals surface area contributed by atoms with E-state index in [1.807, 2.05) is 30.3 Å². The number of phenols is 1. The Morgan fingerprint density at radius 3 is 2.86 bits per heavy atom. The number of rotatable bonds is 7. The topological polar surface area (TPSA) is 148 Å². The molecule has 1 heterocycles. The molecule has 0 bridgehead atoms. The van der Waals surface area contributed by atoms with Crippen LogP contribution in [0.2, 0.25) is 0 Å². The monoisotopic (exact) mass is 399 g/mol. The molecular weight excluding hydrogens is 386 g/mol. The number of hydrogen-bond donors (Lipinski definition) is 2. The number of tetrazole rings is 1. The maximum atomic E-state index is 11.9. The number of benzene rings is 2. The van der Waals surface area contributed by atoms with Crippen molar-refractivity contribution >= 4 is 29.6 Å². The fourth-order valence-electron chi connectivity index (χ4n) is 2.10. The van der Waals surface area contributed by atoms with Crippen LogP contribution in [0.15, 0.2) is 58.8 Å². The first kappa shape index (κ1) is 19.0. The van der Waals surface area contributed by atoms with Gasteiger partial charge in [-0.1, -0.05) is 30.0 Å². The van der Waals surface area contributed by atoms with Gasteiger partial charge in [-0.05, 0) is 28.6 Å². The fraction of sp³-hybridized carbons (Fsp3) is 0.0625. The second-order valence-corrected chi connectivity index (χ2v) is 6.23. The summed E-state index contributed by atoms with van der Waals surface area (Å²) >= 11 is 1.11. The number of carbonyl (C=O) groups excluding carboxylic acids is 1. The van der Waals surface area contributed by atoms with E-state index < -0.39 is 10.8 Å². The third kappa shape index (κ3) is 4.67. The van der Waals surface area contributed by atoms with Gasteiger partial charge in [0.1, 0.15) is 5.75 Å². The van der Waals surface area contributed by atoms with E-state index in [1.54, 1.807) is 0 Å². The van der Waals surface area contributed by atoms with E-state index in [0.717, 1.165) is 29.7 Å². The van der Waals surface area contributed by atoms with E-state index in [4.69, 9.17) is 0 Å². The first-order valence-corrected chi connectivity index (χ1v) is 8.79. The molecule has 3 aromatic rings. The number of phenolic OH excluding ortho intramolecular Hbond substituents is 1. The lowest BCUT2D eigenvalue weighted by Gasteiger charge is -2.03. The summed E-state index contributed by atoms with van der Waals surface area (Å²) in [5.74, 6) is -0.639. The number of thioether (sulfide) groups is 1. The van der Waals surface area contributed by atoms with Crippen molar-refractivity contribution in [2.24, 2.45) is 5.10 Å². The second-order valence-electron chi connectivity index (χ2n) is 5.29. The largest absolute Gasteiger partial charge is 0.507 e. The predicted octanol–water partition coefficient (Wildman–Crippen LogP) is 1.52. The van der Waals surface area contributed by atoms with E-state index in [1.165, 1.54) is 16.8 Å². The molecule has 2 N–H and O–H groups in total. The molecule has 0 saturated heterocycles. The molecule has 0 atom stereocenters. The van der Waals surface area contributed by atoms with Gasteiger partial charge in [0.05, 0.1) is 22.6 Å². The number of nitro benzene ring substituents is 1. The molecule has 0 saturated carbocycles. The molecule has 0 aliphatic heterocycles. The third-order valence-electron chi connectivity index (χ3n) is 3.39. The summed E-state index contributed by atoms with van der Waals surface area (Å²) in [5.41, 5.74) is 2.94. The van der Waals surface area contributed by atoms with Gasteiger partial charge in [-0.3, -0.25) is 14.9 Å². The normalized spacial score (nSPS) is 10.9. The van der Waals surface area contributed by atoms with Gasteiger partial charge in [0.2, 0.25) is 5.16 Å². The number of aromatic nitrogens is 4. The predicted molar refractivity (Wildman–Crippen MR) is 100 cm³/mol. The zero-order valence-electron chi connectivity index (χ0n) is 14.2. The van der Waals surface area contributed by atoms with Crippen LogP contribution >= 0.6 is 11.8 Å². The number of nitrogens with zero attached hydrogens (tertiary/aromatic N) is 6. The van der Waals surface area contributed by atoms with Gasteiger partial charge in [-0.15, -0.1) is 5.10 Å². The SMILES string of the molecule is O=C(CSc1nnnn1-c1ccccc1)N/N=C/c1cc([N+](=O)[O-])ccc1O. The highest BCUT2D eigenvalue weighted by molar-refractivity contribution is 7.99. The Labute approximate surface area is 162 Å². The van der Waals surface area contributed by atoms with Crippen molar-refractivity contribution in [1.82, 2.24) is 25.6 Å². The minimum atomic E-state index is -0.594. The molecule has 0 radical (unpaired) electrons. The molecule has 0 fully saturated rings. The van der Waals surface area contributed by atoms with Gasteiger partial charge in [0.15, 0.2) is 0 Å². The summed E-state index contributed by atoms with van der Waals surface area (Å²) in [6, 6.07) is 12.7. The summed E-state index contributed by atoms with van der Waals surface area (Å²) in [4.78, 5) is 22.1. The van der Waals surface area contributed by atoms with Crippen LogP contribution in [0.25, 0.3) is 5.69 Å². The van der Waals surface area contributed by atoms with Gasteiger partial charge >= 0.3 is 0 Å². The molecule has 0 spiro atoms. The molecule has 3 rings (SSSR count). The molecule has 11 nitrogen and oxygen atoms in total. The van der Waals surface area contributed by atoms with Crippen molar-refractivity contribution < 1.29 is 14.8 Å². The molecule has 1 amide bonds. The fourth-order valence-corrected chi connectivity index (χ4v) is 2.78. The average Bonchev–Trinajstić information content (AvgIpc) is 3.17. The van der Waals surface area contributed by atoms with Crippen molar-refractivity contribution in [2.45, 2.75) is 5.16 Å². The Morgan fingerprint density at radius 1 is 1.32 bits per heavy atom. The Balaban J connectivity index is 1.58. The number of amides is 1. The summed E-state index contributed by atoms with van der Waals surface area (Å²) < 4.78 is 1.50. The highest BCUT2D eigenvalue weighted by atomic mass is 32.2. The summed E-state index contributed by atoms with van der Waals surface area (Å²) in [5, 5.41) is 36.0.